The zero-order valence-corrected chi connectivity index (χ0v) is 14.0. The zero-order chi connectivity index (χ0) is 16.1. The summed E-state index contributed by atoms with van der Waals surface area (Å²) >= 11 is 2.77. The highest BCUT2D eigenvalue weighted by atomic mass is 32.2. The minimum atomic E-state index is -0.438. The van der Waals surface area contributed by atoms with Gasteiger partial charge in [0.25, 0.3) is 0 Å². The number of primary amides is 1. The number of nitrogens with one attached hydrogen (secondary N) is 1. The Morgan fingerprint density at radius 3 is 2.68 bits per heavy atom. The number of nitrogens with zero attached hydrogens (tertiary/aromatic N) is 1. The van der Waals surface area contributed by atoms with E-state index in [0.29, 0.717) is 10.8 Å². The van der Waals surface area contributed by atoms with Gasteiger partial charge in [-0.2, -0.15) is 0 Å². The molecule has 1 atom stereocenters. The number of anilines is 1. The first kappa shape index (κ1) is 16.5. The summed E-state index contributed by atoms with van der Waals surface area (Å²) < 4.78 is 0. The summed E-state index contributed by atoms with van der Waals surface area (Å²) in [6.45, 7) is 3.87. The highest BCUT2D eigenvalue weighted by molar-refractivity contribution is 8.00. The van der Waals surface area contributed by atoms with E-state index in [1.54, 1.807) is 5.38 Å². The molecule has 3 N–H and O–H groups in total. The maximum atomic E-state index is 12.2. The standard InChI is InChI=1S/C15H17N3O2S2/c1-9-3-5-12(6-4-9)22-10(2)14(20)18-15-17-11(8-21-15)7-13(16)19/h3-6,8,10H,7H2,1-2H3,(H2,16,19)(H,17,18,20)/t10-/m0/s1. The smallest absolute Gasteiger partial charge is 0.239 e. The van der Waals surface area contributed by atoms with Gasteiger partial charge in [-0.15, -0.1) is 23.1 Å². The zero-order valence-electron chi connectivity index (χ0n) is 12.3. The van der Waals surface area contributed by atoms with Gasteiger partial charge in [-0.1, -0.05) is 17.7 Å². The van der Waals surface area contributed by atoms with Crippen molar-refractivity contribution in [3.05, 3.63) is 40.9 Å². The molecule has 0 aliphatic heterocycles. The molecular formula is C15H17N3O2S2. The number of hydrogen-bond donors (Lipinski definition) is 2. The molecule has 0 radical (unpaired) electrons. The summed E-state index contributed by atoms with van der Waals surface area (Å²) in [6.07, 6.45) is 0.0834. The number of aryl methyl sites for hydroxylation is 1. The monoisotopic (exact) mass is 335 g/mol. The first-order valence-electron chi connectivity index (χ1n) is 6.71. The number of hydrogen-bond acceptors (Lipinski definition) is 5. The fraction of sp³-hybridized carbons (Fsp3) is 0.267. The Morgan fingerprint density at radius 1 is 1.36 bits per heavy atom. The van der Waals surface area contributed by atoms with Crippen molar-refractivity contribution in [3.8, 4) is 0 Å². The van der Waals surface area contributed by atoms with Gasteiger partial charge in [-0.05, 0) is 26.0 Å². The van der Waals surface area contributed by atoms with Crippen molar-refractivity contribution >= 4 is 40.0 Å². The minimum Gasteiger partial charge on any atom is -0.369 e. The lowest BCUT2D eigenvalue weighted by Gasteiger charge is -2.10. The predicted molar refractivity (Wildman–Crippen MR) is 90.1 cm³/mol. The second kappa shape index (κ2) is 7.42. The molecule has 2 aromatic rings. The van der Waals surface area contributed by atoms with E-state index in [-0.39, 0.29) is 17.6 Å². The van der Waals surface area contributed by atoms with Crippen LogP contribution in [0.25, 0.3) is 0 Å². The quantitative estimate of drug-likeness (QED) is 0.795. The summed E-state index contributed by atoms with van der Waals surface area (Å²) in [4.78, 5) is 28.2. The summed E-state index contributed by atoms with van der Waals surface area (Å²) in [5, 5.41) is 4.72. The number of carbonyl (C=O) groups is 2. The molecule has 0 fully saturated rings. The van der Waals surface area contributed by atoms with Gasteiger partial charge in [-0.25, -0.2) is 4.98 Å². The average Bonchev–Trinajstić information content (AvgIpc) is 2.87. The third-order valence-corrected chi connectivity index (χ3v) is 4.76. The lowest BCUT2D eigenvalue weighted by atomic mass is 10.2. The Morgan fingerprint density at radius 2 is 2.05 bits per heavy atom. The molecule has 2 rings (SSSR count). The van der Waals surface area contributed by atoms with Crippen LogP contribution in [0.5, 0.6) is 0 Å². The maximum absolute atomic E-state index is 12.2. The van der Waals surface area contributed by atoms with Crippen molar-refractivity contribution in [2.24, 2.45) is 5.73 Å². The van der Waals surface area contributed by atoms with Crippen molar-refractivity contribution in [1.29, 1.82) is 0 Å². The fourth-order valence-corrected chi connectivity index (χ4v) is 3.29. The Labute approximate surface area is 137 Å². The molecule has 116 valence electrons. The molecule has 2 amide bonds. The van der Waals surface area contributed by atoms with E-state index in [1.165, 1.54) is 28.7 Å². The first-order valence-corrected chi connectivity index (χ1v) is 8.47. The minimum absolute atomic E-state index is 0.0834. The Bertz CT molecular complexity index is 668. The molecule has 0 spiro atoms. The van der Waals surface area contributed by atoms with Gasteiger partial charge in [0.2, 0.25) is 11.8 Å². The molecule has 1 aromatic heterocycles. The number of rotatable bonds is 6. The Hall–Kier alpha value is -1.86. The lowest BCUT2D eigenvalue weighted by molar-refractivity contribution is -0.117. The topological polar surface area (TPSA) is 85.1 Å². The summed E-state index contributed by atoms with van der Waals surface area (Å²) in [7, 11) is 0. The molecule has 7 heteroatoms. The molecule has 0 aliphatic carbocycles. The molecule has 0 saturated carbocycles. The number of nitrogens with two attached hydrogens (primary N) is 1. The molecule has 1 aromatic carbocycles. The van der Waals surface area contributed by atoms with Gasteiger partial charge in [0.15, 0.2) is 5.13 Å². The summed E-state index contributed by atoms with van der Waals surface area (Å²) in [6, 6.07) is 8.03. The SMILES string of the molecule is Cc1ccc(S[C@@H](C)C(=O)Nc2nc(CC(N)=O)cs2)cc1. The first-order chi connectivity index (χ1) is 10.4. The van der Waals surface area contributed by atoms with E-state index in [4.69, 9.17) is 5.73 Å². The normalized spacial score (nSPS) is 11.9. The third-order valence-electron chi connectivity index (χ3n) is 2.84. The molecule has 0 unspecified atom stereocenters. The lowest BCUT2D eigenvalue weighted by Crippen LogP contribution is -2.22. The summed E-state index contributed by atoms with van der Waals surface area (Å²) in [5.41, 5.74) is 6.88. The van der Waals surface area contributed by atoms with Crippen molar-refractivity contribution in [3.63, 3.8) is 0 Å². The molecule has 1 heterocycles. The molecule has 0 aliphatic rings. The van der Waals surface area contributed by atoms with E-state index in [1.807, 2.05) is 38.1 Å². The van der Waals surface area contributed by atoms with E-state index in [9.17, 15) is 9.59 Å². The average molecular weight is 335 g/mol. The third kappa shape index (κ3) is 4.85. The molecule has 0 bridgehead atoms. The van der Waals surface area contributed by atoms with Gasteiger partial charge in [0.05, 0.1) is 17.4 Å². The van der Waals surface area contributed by atoms with E-state index in [0.717, 1.165) is 4.90 Å². The van der Waals surface area contributed by atoms with Gasteiger partial charge in [0, 0.05) is 10.3 Å². The van der Waals surface area contributed by atoms with Crippen LogP contribution in [0.1, 0.15) is 18.2 Å². The van der Waals surface area contributed by atoms with Crippen molar-refractivity contribution in [1.82, 2.24) is 4.98 Å². The Balaban J connectivity index is 1.92. The van der Waals surface area contributed by atoms with E-state index < -0.39 is 5.91 Å². The van der Waals surface area contributed by atoms with Crippen LogP contribution in [-0.4, -0.2) is 22.0 Å². The van der Waals surface area contributed by atoms with Crippen LogP contribution < -0.4 is 11.1 Å². The van der Waals surface area contributed by atoms with Crippen LogP contribution in [0.15, 0.2) is 34.5 Å². The van der Waals surface area contributed by atoms with Crippen LogP contribution in [0, 0.1) is 6.92 Å². The molecule has 0 saturated heterocycles. The highest BCUT2D eigenvalue weighted by Crippen LogP contribution is 2.25. The second-order valence-electron chi connectivity index (χ2n) is 4.85. The number of aromatic nitrogens is 1. The van der Waals surface area contributed by atoms with Crippen molar-refractivity contribution in [2.75, 3.05) is 5.32 Å². The fourth-order valence-electron chi connectivity index (χ4n) is 1.71. The van der Waals surface area contributed by atoms with Gasteiger partial charge >= 0.3 is 0 Å². The maximum Gasteiger partial charge on any atom is 0.239 e. The van der Waals surface area contributed by atoms with Crippen LogP contribution in [0.4, 0.5) is 5.13 Å². The highest BCUT2D eigenvalue weighted by Gasteiger charge is 2.16. The van der Waals surface area contributed by atoms with Crippen LogP contribution in [0.3, 0.4) is 0 Å². The van der Waals surface area contributed by atoms with Crippen LogP contribution in [-0.2, 0) is 16.0 Å². The predicted octanol–water partition coefficient (Wildman–Crippen LogP) is 2.60. The van der Waals surface area contributed by atoms with Gasteiger partial charge < -0.3 is 11.1 Å². The van der Waals surface area contributed by atoms with Gasteiger partial charge in [0.1, 0.15) is 0 Å². The van der Waals surface area contributed by atoms with E-state index in [2.05, 4.69) is 10.3 Å². The number of thioether (sulfide) groups is 1. The van der Waals surface area contributed by atoms with E-state index >= 15 is 0 Å². The van der Waals surface area contributed by atoms with Crippen LogP contribution >= 0.6 is 23.1 Å². The number of carbonyl (C=O) groups excluding carboxylic acids is 2. The number of amides is 2. The van der Waals surface area contributed by atoms with Crippen molar-refractivity contribution < 1.29 is 9.59 Å². The molecule has 5 nitrogen and oxygen atoms in total. The van der Waals surface area contributed by atoms with Crippen LogP contribution in [0.2, 0.25) is 0 Å². The molecular weight excluding hydrogens is 318 g/mol. The summed E-state index contributed by atoms with van der Waals surface area (Å²) in [5.74, 6) is -0.558. The number of benzene rings is 1. The second-order valence-corrected chi connectivity index (χ2v) is 7.12. The Kier molecular flexibility index (Phi) is 5.57. The van der Waals surface area contributed by atoms with Gasteiger partial charge in [-0.3, -0.25) is 9.59 Å². The van der Waals surface area contributed by atoms with Crippen molar-refractivity contribution in [2.45, 2.75) is 30.4 Å². The largest absolute Gasteiger partial charge is 0.369 e. The number of thiazole rings is 1. The molecule has 22 heavy (non-hydrogen) atoms.